The van der Waals surface area contributed by atoms with Crippen LogP contribution in [0.25, 0.3) is 0 Å². The lowest BCUT2D eigenvalue weighted by Crippen LogP contribution is -2.47. The fourth-order valence-electron chi connectivity index (χ4n) is 2.73. The van der Waals surface area contributed by atoms with Gasteiger partial charge in [0.05, 0.1) is 0 Å². The minimum Gasteiger partial charge on any atom is -0.480 e. The summed E-state index contributed by atoms with van der Waals surface area (Å²) in [6.07, 6.45) is 5.28. The minimum atomic E-state index is -1.06. The normalized spacial score (nSPS) is 25.2. The Hall–Kier alpha value is -0.650. The van der Waals surface area contributed by atoms with Gasteiger partial charge in [-0.05, 0) is 45.6 Å². The van der Waals surface area contributed by atoms with Gasteiger partial charge in [-0.2, -0.15) is 0 Å². The molecule has 1 heterocycles. The monoisotopic (exact) mass is 269 g/mol. The molecule has 19 heavy (non-hydrogen) atoms. The van der Waals surface area contributed by atoms with Gasteiger partial charge < -0.3 is 15.7 Å². The van der Waals surface area contributed by atoms with Crippen molar-refractivity contribution in [3.8, 4) is 0 Å². The molecule has 2 aliphatic rings. The van der Waals surface area contributed by atoms with Crippen molar-refractivity contribution in [1.29, 1.82) is 0 Å². The second-order valence-corrected chi connectivity index (χ2v) is 6.29. The molecule has 0 radical (unpaired) electrons. The summed E-state index contributed by atoms with van der Waals surface area (Å²) in [6.45, 7) is 7.41. The lowest BCUT2D eigenvalue weighted by atomic mass is 9.96. The predicted molar refractivity (Wildman–Crippen MR) is 75.1 cm³/mol. The third-order valence-corrected chi connectivity index (χ3v) is 4.38. The van der Waals surface area contributed by atoms with Crippen LogP contribution < -0.4 is 5.73 Å². The molecule has 1 unspecified atom stereocenters. The SMILES string of the molecule is CC(N)(CCCCN1CCN(C2CC2)CC1)C(=O)O. The van der Waals surface area contributed by atoms with E-state index in [1.54, 1.807) is 6.92 Å². The molecule has 1 saturated carbocycles. The number of unbranched alkanes of at least 4 members (excludes halogenated alkanes) is 1. The molecule has 2 fully saturated rings. The molecular weight excluding hydrogens is 242 g/mol. The number of hydrogen-bond donors (Lipinski definition) is 2. The van der Waals surface area contributed by atoms with Crippen molar-refractivity contribution in [3.63, 3.8) is 0 Å². The third kappa shape index (κ3) is 4.44. The van der Waals surface area contributed by atoms with Crippen LogP contribution in [0, 0.1) is 0 Å². The number of nitrogens with zero attached hydrogens (tertiary/aromatic N) is 2. The largest absolute Gasteiger partial charge is 0.480 e. The number of rotatable bonds is 7. The van der Waals surface area contributed by atoms with E-state index in [1.165, 1.54) is 25.9 Å². The zero-order valence-electron chi connectivity index (χ0n) is 12.0. The van der Waals surface area contributed by atoms with Crippen LogP contribution >= 0.6 is 0 Å². The van der Waals surface area contributed by atoms with E-state index in [2.05, 4.69) is 9.80 Å². The molecular formula is C14H27N3O2. The molecule has 0 amide bonds. The number of nitrogens with two attached hydrogens (primary N) is 1. The summed E-state index contributed by atoms with van der Waals surface area (Å²) < 4.78 is 0. The average Bonchev–Trinajstić information content (AvgIpc) is 3.19. The molecule has 1 aliphatic heterocycles. The zero-order chi connectivity index (χ0) is 13.9. The number of hydrogen-bond acceptors (Lipinski definition) is 4. The minimum absolute atomic E-state index is 0.560. The summed E-state index contributed by atoms with van der Waals surface area (Å²) in [5, 5.41) is 8.94. The van der Waals surface area contributed by atoms with Gasteiger partial charge in [0.15, 0.2) is 0 Å². The van der Waals surface area contributed by atoms with Crippen molar-refractivity contribution in [2.24, 2.45) is 5.73 Å². The van der Waals surface area contributed by atoms with E-state index < -0.39 is 11.5 Å². The molecule has 0 aromatic rings. The molecule has 110 valence electrons. The Morgan fingerprint density at radius 3 is 2.42 bits per heavy atom. The molecule has 1 atom stereocenters. The van der Waals surface area contributed by atoms with E-state index in [9.17, 15) is 4.79 Å². The molecule has 1 aliphatic carbocycles. The number of piperazine rings is 1. The van der Waals surface area contributed by atoms with Crippen LogP contribution in [0.4, 0.5) is 0 Å². The Bertz CT molecular complexity index is 308. The summed E-state index contributed by atoms with van der Waals surface area (Å²) in [4.78, 5) is 16.0. The summed E-state index contributed by atoms with van der Waals surface area (Å²) in [5.41, 5.74) is 4.65. The average molecular weight is 269 g/mol. The van der Waals surface area contributed by atoms with Crippen molar-refractivity contribution in [2.75, 3.05) is 32.7 Å². The maximum Gasteiger partial charge on any atom is 0.323 e. The van der Waals surface area contributed by atoms with Gasteiger partial charge in [-0.3, -0.25) is 9.69 Å². The Labute approximate surface area is 115 Å². The highest BCUT2D eigenvalue weighted by Gasteiger charge is 2.31. The van der Waals surface area contributed by atoms with Crippen LogP contribution in [0.3, 0.4) is 0 Å². The van der Waals surface area contributed by atoms with E-state index in [4.69, 9.17) is 10.8 Å². The summed E-state index contributed by atoms with van der Waals surface area (Å²) in [6, 6.07) is 0.885. The third-order valence-electron chi connectivity index (χ3n) is 4.38. The second kappa shape index (κ2) is 6.20. The number of carboxylic acids is 1. The molecule has 3 N–H and O–H groups in total. The van der Waals surface area contributed by atoms with E-state index in [0.29, 0.717) is 6.42 Å². The fourth-order valence-corrected chi connectivity index (χ4v) is 2.73. The lowest BCUT2D eigenvalue weighted by molar-refractivity contribution is -0.142. The highest BCUT2D eigenvalue weighted by Crippen LogP contribution is 2.27. The van der Waals surface area contributed by atoms with Gasteiger partial charge in [0, 0.05) is 32.2 Å². The molecule has 5 heteroatoms. The first kappa shape index (κ1) is 14.8. The van der Waals surface area contributed by atoms with Crippen LogP contribution in [0.2, 0.25) is 0 Å². The highest BCUT2D eigenvalue weighted by molar-refractivity contribution is 5.77. The Kier molecular flexibility index (Phi) is 4.81. The Morgan fingerprint density at radius 1 is 1.26 bits per heavy atom. The van der Waals surface area contributed by atoms with Gasteiger partial charge in [-0.15, -0.1) is 0 Å². The number of carbonyl (C=O) groups is 1. The lowest BCUT2D eigenvalue weighted by Gasteiger charge is -2.34. The van der Waals surface area contributed by atoms with Gasteiger partial charge >= 0.3 is 5.97 Å². The molecule has 0 spiro atoms. The van der Waals surface area contributed by atoms with Crippen LogP contribution in [-0.2, 0) is 4.79 Å². The smallest absolute Gasteiger partial charge is 0.323 e. The first-order valence-electron chi connectivity index (χ1n) is 7.48. The van der Waals surface area contributed by atoms with E-state index >= 15 is 0 Å². The van der Waals surface area contributed by atoms with Crippen molar-refractivity contribution < 1.29 is 9.90 Å². The maximum atomic E-state index is 10.9. The van der Waals surface area contributed by atoms with Gasteiger partial charge in [-0.25, -0.2) is 0 Å². The predicted octanol–water partition coefficient (Wildman–Crippen LogP) is 0.739. The van der Waals surface area contributed by atoms with Crippen molar-refractivity contribution in [2.45, 2.75) is 50.6 Å². The van der Waals surface area contributed by atoms with E-state index in [1.807, 2.05) is 0 Å². The summed E-state index contributed by atoms with van der Waals surface area (Å²) in [7, 11) is 0. The van der Waals surface area contributed by atoms with Crippen LogP contribution in [0.5, 0.6) is 0 Å². The van der Waals surface area contributed by atoms with Crippen LogP contribution in [0.1, 0.15) is 39.0 Å². The first-order valence-corrected chi connectivity index (χ1v) is 7.48. The molecule has 0 aromatic carbocycles. The fraction of sp³-hybridized carbons (Fsp3) is 0.929. The van der Waals surface area contributed by atoms with Gasteiger partial charge in [0.2, 0.25) is 0 Å². The topological polar surface area (TPSA) is 69.8 Å². The van der Waals surface area contributed by atoms with Gasteiger partial charge in [0.25, 0.3) is 0 Å². The zero-order valence-corrected chi connectivity index (χ0v) is 12.0. The Balaban J connectivity index is 1.55. The summed E-state index contributed by atoms with van der Waals surface area (Å²) >= 11 is 0. The van der Waals surface area contributed by atoms with E-state index in [0.717, 1.165) is 38.5 Å². The molecule has 0 bridgehead atoms. The van der Waals surface area contributed by atoms with Crippen molar-refractivity contribution in [3.05, 3.63) is 0 Å². The molecule has 0 aromatic heterocycles. The molecule has 1 saturated heterocycles. The van der Waals surface area contributed by atoms with Gasteiger partial charge in [-0.1, -0.05) is 0 Å². The second-order valence-electron chi connectivity index (χ2n) is 6.29. The maximum absolute atomic E-state index is 10.9. The first-order chi connectivity index (χ1) is 8.99. The number of carboxylic acid groups (broad SMARTS) is 1. The standard InChI is InChI=1S/C14H27N3O2/c1-14(15,13(18)19)6-2-3-7-16-8-10-17(11-9-16)12-4-5-12/h12H,2-11,15H2,1H3,(H,18,19). The van der Waals surface area contributed by atoms with Crippen LogP contribution in [0.15, 0.2) is 0 Å². The van der Waals surface area contributed by atoms with E-state index in [-0.39, 0.29) is 0 Å². The highest BCUT2D eigenvalue weighted by atomic mass is 16.4. The van der Waals surface area contributed by atoms with Gasteiger partial charge in [0.1, 0.15) is 5.54 Å². The quantitative estimate of drug-likeness (QED) is 0.667. The van der Waals surface area contributed by atoms with Crippen molar-refractivity contribution in [1.82, 2.24) is 9.80 Å². The molecule has 2 rings (SSSR count). The van der Waals surface area contributed by atoms with Crippen LogP contribution in [-0.4, -0.2) is 65.2 Å². The summed E-state index contributed by atoms with van der Waals surface area (Å²) in [5.74, 6) is -0.898. The Morgan fingerprint density at radius 2 is 1.89 bits per heavy atom. The van der Waals surface area contributed by atoms with Crippen molar-refractivity contribution >= 4 is 5.97 Å². The molecule has 5 nitrogen and oxygen atoms in total. The number of aliphatic carboxylic acids is 1.